The first-order chi connectivity index (χ1) is 13.3. The molecule has 0 heterocycles. The van der Waals surface area contributed by atoms with Crippen molar-refractivity contribution >= 4 is 19.7 Å². The van der Waals surface area contributed by atoms with Gasteiger partial charge in [-0.15, -0.1) is 11.5 Å². The molecule has 0 aromatic heterocycles. The lowest BCUT2D eigenvalue weighted by molar-refractivity contribution is 0.594. The molecule has 0 unspecified atom stereocenters. The first-order valence-corrected chi connectivity index (χ1v) is 11.7. The van der Waals surface area contributed by atoms with Crippen molar-refractivity contribution in [3.8, 4) is 0 Å². The summed E-state index contributed by atoms with van der Waals surface area (Å²) in [6.45, 7) is 6.99. The summed E-state index contributed by atoms with van der Waals surface area (Å²) in [7, 11) is -7.28. The molecular weight excluding hydrogens is 392 g/mol. The fourth-order valence-corrected chi connectivity index (χ4v) is 5.50. The molecule has 0 spiro atoms. The first-order valence-electron chi connectivity index (χ1n) is 8.72. The Bertz CT molecular complexity index is 1020. The molecule has 2 rings (SSSR count). The maximum Gasteiger partial charge on any atom is 0.209 e. The molecule has 2 aromatic carbocycles. The summed E-state index contributed by atoms with van der Waals surface area (Å²) in [5, 5.41) is 0. The zero-order valence-corrected chi connectivity index (χ0v) is 17.1. The number of sulfone groups is 2. The Morgan fingerprint density at radius 2 is 0.964 bits per heavy atom. The van der Waals surface area contributed by atoms with Crippen LogP contribution in [0.4, 0.5) is 0 Å². The Labute approximate surface area is 167 Å². The van der Waals surface area contributed by atoms with Crippen LogP contribution in [0.3, 0.4) is 0 Å². The number of benzene rings is 2. The maximum absolute atomic E-state index is 12.6. The molecule has 0 amide bonds. The Morgan fingerprint density at radius 1 is 0.643 bits per heavy atom. The van der Waals surface area contributed by atoms with E-state index >= 15 is 0 Å². The molecule has 0 aliphatic rings. The van der Waals surface area contributed by atoms with Crippen molar-refractivity contribution in [2.24, 2.45) is 0 Å². The van der Waals surface area contributed by atoms with Gasteiger partial charge in [0, 0.05) is 0 Å². The lowest BCUT2D eigenvalue weighted by atomic mass is 10.2. The van der Waals surface area contributed by atoms with Crippen LogP contribution in [0.15, 0.2) is 105 Å². The van der Waals surface area contributed by atoms with E-state index < -0.39 is 19.7 Å². The lowest BCUT2D eigenvalue weighted by Gasteiger charge is -2.09. The van der Waals surface area contributed by atoms with Crippen molar-refractivity contribution in [2.75, 3.05) is 0 Å². The van der Waals surface area contributed by atoms with Gasteiger partial charge in [-0.2, -0.15) is 0 Å². The number of allylic oxidation sites excluding steroid dienone is 2. The molecule has 0 radical (unpaired) electrons. The van der Waals surface area contributed by atoms with Crippen molar-refractivity contribution in [2.45, 2.75) is 35.5 Å². The molecule has 0 fully saturated rings. The van der Waals surface area contributed by atoms with E-state index in [1.165, 1.54) is 24.3 Å². The van der Waals surface area contributed by atoms with Gasteiger partial charge in [-0.1, -0.05) is 49.6 Å². The van der Waals surface area contributed by atoms with Gasteiger partial charge in [0.15, 0.2) is 0 Å². The van der Waals surface area contributed by atoms with Crippen LogP contribution in [-0.4, -0.2) is 16.8 Å². The molecular formula is C22H22O4S2. The summed E-state index contributed by atoms with van der Waals surface area (Å²) >= 11 is 0. The third-order valence-corrected chi connectivity index (χ3v) is 7.99. The van der Waals surface area contributed by atoms with Crippen LogP contribution in [0.1, 0.15) is 25.7 Å². The van der Waals surface area contributed by atoms with Gasteiger partial charge in [-0.3, -0.25) is 0 Å². The molecule has 0 aliphatic carbocycles. The van der Waals surface area contributed by atoms with Crippen LogP contribution in [0.25, 0.3) is 0 Å². The summed E-state index contributed by atoms with van der Waals surface area (Å²) in [5.41, 5.74) is 5.05. The first kappa shape index (κ1) is 21.7. The van der Waals surface area contributed by atoms with Crippen molar-refractivity contribution in [1.29, 1.82) is 0 Å². The van der Waals surface area contributed by atoms with Gasteiger partial charge in [-0.05, 0) is 49.9 Å². The summed E-state index contributed by atoms with van der Waals surface area (Å²) in [6.07, 6.45) is 1.41. The normalized spacial score (nSPS) is 11.3. The highest BCUT2D eigenvalue weighted by Gasteiger charge is 2.21. The molecule has 0 bridgehead atoms. The molecule has 0 aliphatic heterocycles. The SMILES string of the molecule is C=C=C(CCCCC(=C=C)S(=O)(=O)c1ccccc1)S(=O)(=O)c1ccccc1. The predicted molar refractivity (Wildman–Crippen MR) is 111 cm³/mol. The van der Waals surface area contributed by atoms with Crippen molar-refractivity contribution in [3.05, 3.63) is 95.1 Å². The van der Waals surface area contributed by atoms with Gasteiger partial charge in [-0.25, -0.2) is 16.8 Å². The molecule has 6 heteroatoms. The molecule has 28 heavy (non-hydrogen) atoms. The Hall–Kier alpha value is -2.62. The van der Waals surface area contributed by atoms with Crippen LogP contribution >= 0.6 is 0 Å². The highest BCUT2D eigenvalue weighted by Crippen LogP contribution is 2.26. The Morgan fingerprint density at radius 3 is 1.25 bits per heavy atom. The summed E-state index contributed by atoms with van der Waals surface area (Å²) in [6, 6.07) is 16.2. The average Bonchev–Trinajstić information content (AvgIpc) is 2.71. The minimum atomic E-state index is -3.64. The van der Waals surface area contributed by atoms with Crippen LogP contribution in [0.2, 0.25) is 0 Å². The third-order valence-electron chi connectivity index (χ3n) is 4.21. The zero-order valence-electron chi connectivity index (χ0n) is 15.5. The van der Waals surface area contributed by atoms with Crippen LogP contribution in [0.5, 0.6) is 0 Å². The monoisotopic (exact) mass is 414 g/mol. The fourth-order valence-electron chi connectivity index (χ4n) is 2.69. The molecule has 0 saturated carbocycles. The van der Waals surface area contributed by atoms with Crippen molar-refractivity contribution < 1.29 is 16.8 Å². The van der Waals surface area contributed by atoms with Gasteiger partial charge in [0.1, 0.15) is 0 Å². The van der Waals surface area contributed by atoms with Crippen molar-refractivity contribution in [3.63, 3.8) is 0 Å². The van der Waals surface area contributed by atoms with Gasteiger partial charge in [0.25, 0.3) is 0 Å². The second-order valence-electron chi connectivity index (χ2n) is 6.04. The largest absolute Gasteiger partial charge is 0.218 e. The molecule has 146 valence electrons. The minimum absolute atomic E-state index is 0.105. The summed E-state index contributed by atoms with van der Waals surface area (Å²) in [5.74, 6) is 0. The van der Waals surface area contributed by atoms with E-state index in [0.717, 1.165) is 0 Å². The van der Waals surface area contributed by atoms with E-state index in [2.05, 4.69) is 24.6 Å². The van der Waals surface area contributed by atoms with Gasteiger partial charge in [0.2, 0.25) is 19.7 Å². The number of unbranched alkanes of at least 4 members (excludes halogenated alkanes) is 1. The maximum atomic E-state index is 12.6. The Kier molecular flexibility index (Phi) is 7.38. The van der Waals surface area contributed by atoms with E-state index in [0.29, 0.717) is 12.8 Å². The van der Waals surface area contributed by atoms with E-state index in [1.54, 1.807) is 36.4 Å². The predicted octanol–water partition coefficient (Wildman–Crippen LogP) is 4.83. The molecule has 0 N–H and O–H groups in total. The number of hydrogen-bond donors (Lipinski definition) is 0. The van der Waals surface area contributed by atoms with Gasteiger partial charge >= 0.3 is 0 Å². The molecule has 2 aromatic rings. The molecule has 4 nitrogen and oxygen atoms in total. The van der Waals surface area contributed by atoms with Crippen LogP contribution in [0, 0.1) is 0 Å². The third kappa shape index (κ3) is 5.00. The van der Waals surface area contributed by atoms with E-state index in [9.17, 15) is 16.8 Å². The Balaban J connectivity index is 2.03. The topological polar surface area (TPSA) is 68.3 Å². The standard InChI is InChI=1S/C22H22O4S2/c1-3-19(27(23,24)21-15-7-5-8-16-21)13-11-12-14-20(4-2)28(25,26)22-17-9-6-10-18-22/h5-10,15-18H,1-2,11-14H2. The minimum Gasteiger partial charge on any atom is -0.218 e. The highest BCUT2D eigenvalue weighted by molar-refractivity contribution is 7.95. The molecule has 0 atom stereocenters. The lowest BCUT2D eigenvalue weighted by Crippen LogP contribution is -2.06. The van der Waals surface area contributed by atoms with E-state index in [-0.39, 0.29) is 32.4 Å². The van der Waals surface area contributed by atoms with Crippen molar-refractivity contribution in [1.82, 2.24) is 0 Å². The number of rotatable bonds is 9. The number of hydrogen-bond acceptors (Lipinski definition) is 4. The summed E-state index contributed by atoms with van der Waals surface area (Å²) < 4.78 is 50.5. The highest BCUT2D eigenvalue weighted by atomic mass is 32.2. The molecule has 0 saturated heterocycles. The van der Waals surface area contributed by atoms with Crippen LogP contribution in [-0.2, 0) is 19.7 Å². The fraction of sp³-hybridized carbons (Fsp3) is 0.182. The zero-order chi connectivity index (χ0) is 20.6. The average molecular weight is 415 g/mol. The summed E-state index contributed by atoms with van der Waals surface area (Å²) in [4.78, 5) is 0.599. The van der Waals surface area contributed by atoms with Crippen LogP contribution < -0.4 is 0 Å². The second-order valence-corrected chi connectivity index (χ2v) is 9.98. The quantitative estimate of drug-likeness (QED) is 0.435. The second kappa shape index (κ2) is 9.54. The van der Waals surface area contributed by atoms with E-state index in [4.69, 9.17) is 0 Å². The van der Waals surface area contributed by atoms with Gasteiger partial charge < -0.3 is 0 Å². The smallest absolute Gasteiger partial charge is 0.209 e. The van der Waals surface area contributed by atoms with Gasteiger partial charge in [0.05, 0.1) is 19.6 Å². The van der Waals surface area contributed by atoms with E-state index in [1.807, 2.05) is 0 Å².